The van der Waals surface area contributed by atoms with E-state index in [0.717, 1.165) is 5.56 Å². The van der Waals surface area contributed by atoms with Crippen molar-refractivity contribution < 1.29 is 36.5 Å². The number of aliphatic hydroxyl groups excluding tert-OH is 2. The van der Waals surface area contributed by atoms with E-state index in [9.17, 15) is 28.6 Å². The standard InChI is InChI=1S/C33H34F2N2O5.Ca.2H/c1-20(2)31-30(33(42)36-25-14-12-24(35)13-15-25)29(21-6-4-3-5-7-21)32(22-8-10-23(34)11-9-22)37(31)17-16-26(38)18-27(39)19-28(40)41;;;/h3-15,20,26-27,38-39H,16-19H2,1-2H3,(H,36,42)(H,40,41);;;/q;+2;2*-1/t26-,27-;;;/m1.../s1. The Labute approximate surface area is 282 Å². The van der Waals surface area contributed by atoms with Crippen molar-refractivity contribution in [3.63, 3.8) is 0 Å². The Kier molecular flexibility index (Phi) is 12.5. The second-order valence-electron chi connectivity index (χ2n) is 10.6. The van der Waals surface area contributed by atoms with E-state index in [4.69, 9.17) is 5.11 Å². The second kappa shape index (κ2) is 15.6. The van der Waals surface area contributed by atoms with Gasteiger partial charge < -0.3 is 28.1 Å². The average molecular weight is 619 g/mol. The van der Waals surface area contributed by atoms with Crippen LogP contribution in [0.2, 0.25) is 0 Å². The SMILES string of the molecule is CC(C)c1c(C(=O)Nc2ccc(F)cc2)c(-c2ccccc2)c(-c2ccc(F)cc2)n1CC[C@@H](O)C[C@@H](O)CC(=O)O.[Ca+2].[H-].[H-]. The fourth-order valence-electron chi connectivity index (χ4n) is 5.21. The summed E-state index contributed by atoms with van der Waals surface area (Å²) in [6.07, 6.45) is -2.67. The molecule has 0 saturated carbocycles. The molecule has 0 aliphatic carbocycles. The maximum Gasteiger partial charge on any atom is 2.00 e. The molecule has 1 aromatic heterocycles. The number of carbonyl (C=O) groups is 2. The Hall–Kier alpha value is -3.08. The molecule has 0 saturated heterocycles. The van der Waals surface area contributed by atoms with Gasteiger partial charge in [0.25, 0.3) is 5.91 Å². The zero-order chi connectivity index (χ0) is 30.4. The summed E-state index contributed by atoms with van der Waals surface area (Å²) in [4.78, 5) is 25.0. The van der Waals surface area contributed by atoms with Crippen LogP contribution in [0, 0.1) is 11.6 Å². The third kappa shape index (κ3) is 8.74. The number of aliphatic carboxylic acids is 1. The largest absolute Gasteiger partial charge is 2.00 e. The van der Waals surface area contributed by atoms with E-state index in [-0.39, 0.29) is 65.9 Å². The van der Waals surface area contributed by atoms with Gasteiger partial charge in [-0.3, -0.25) is 9.59 Å². The van der Waals surface area contributed by atoms with Crippen LogP contribution in [-0.2, 0) is 11.3 Å². The summed E-state index contributed by atoms with van der Waals surface area (Å²) >= 11 is 0. The predicted octanol–water partition coefficient (Wildman–Crippen LogP) is 6.30. The van der Waals surface area contributed by atoms with Crippen LogP contribution in [0.1, 0.15) is 57.9 Å². The van der Waals surface area contributed by atoms with Gasteiger partial charge in [-0.1, -0.05) is 44.2 Å². The smallest absolute Gasteiger partial charge is 1.00 e. The van der Waals surface area contributed by atoms with Crippen LogP contribution in [0.5, 0.6) is 0 Å². The topological polar surface area (TPSA) is 112 Å². The van der Waals surface area contributed by atoms with Crippen molar-refractivity contribution >= 4 is 55.3 Å². The molecule has 43 heavy (non-hydrogen) atoms. The second-order valence-corrected chi connectivity index (χ2v) is 10.6. The molecule has 0 aliphatic heterocycles. The Morgan fingerprint density at radius 2 is 1.44 bits per heavy atom. The number of nitrogens with one attached hydrogen (secondary N) is 1. The Bertz CT molecular complexity index is 1540. The molecule has 3 aromatic carbocycles. The fourth-order valence-corrected chi connectivity index (χ4v) is 5.21. The molecule has 224 valence electrons. The number of carboxylic acids is 1. The Morgan fingerprint density at radius 3 is 2.00 bits per heavy atom. The third-order valence-corrected chi connectivity index (χ3v) is 7.00. The van der Waals surface area contributed by atoms with Crippen LogP contribution in [0.3, 0.4) is 0 Å². The minimum Gasteiger partial charge on any atom is -1.00 e. The minimum atomic E-state index is -1.21. The number of nitrogens with zero attached hydrogens (tertiary/aromatic N) is 1. The number of hydrogen-bond donors (Lipinski definition) is 4. The normalized spacial score (nSPS) is 12.4. The molecule has 4 rings (SSSR count). The summed E-state index contributed by atoms with van der Waals surface area (Å²) in [5, 5.41) is 32.6. The number of amides is 1. The third-order valence-electron chi connectivity index (χ3n) is 7.00. The molecule has 7 nitrogen and oxygen atoms in total. The summed E-state index contributed by atoms with van der Waals surface area (Å²) in [5.74, 6) is -2.60. The molecule has 10 heteroatoms. The van der Waals surface area contributed by atoms with Crippen LogP contribution in [0.4, 0.5) is 14.5 Å². The van der Waals surface area contributed by atoms with Crippen molar-refractivity contribution in [2.45, 2.75) is 57.8 Å². The summed E-state index contributed by atoms with van der Waals surface area (Å²) in [7, 11) is 0. The van der Waals surface area contributed by atoms with Gasteiger partial charge in [0.15, 0.2) is 0 Å². The minimum absolute atomic E-state index is 0. The van der Waals surface area contributed by atoms with E-state index in [1.165, 1.54) is 36.4 Å². The number of hydrogen-bond acceptors (Lipinski definition) is 4. The van der Waals surface area contributed by atoms with Crippen molar-refractivity contribution in [3.05, 3.63) is 102 Å². The summed E-state index contributed by atoms with van der Waals surface area (Å²) in [6.45, 7) is 4.11. The van der Waals surface area contributed by atoms with E-state index in [0.29, 0.717) is 33.8 Å². The molecule has 0 radical (unpaired) electrons. The van der Waals surface area contributed by atoms with Gasteiger partial charge in [0.1, 0.15) is 11.6 Å². The molecule has 4 N–H and O–H groups in total. The van der Waals surface area contributed by atoms with E-state index < -0.39 is 42.1 Å². The molecule has 0 spiro atoms. The number of rotatable bonds is 12. The van der Waals surface area contributed by atoms with Crippen molar-refractivity contribution in [1.82, 2.24) is 4.57 Å². The van der Waals surface area contributed by atoms with Crippen molar-refractivity contribution in [1.29, 1.82) is 0 Å². The monoisotopic (exact) mass is 618 g/mol. The van der Waals surface area contributed by atoms with Crippen LogP contribution in [0.15, 0.2) is 78.9 Å². The molecular weight excluding hydrogens is 582 g/mol. The Balaban J connectivity index is 0.00000337. The molecule has 0 fully saturated rings. The van der Waals surface area contributed by atoms with Crippen molar-refractivity contribution in [2.24, 2.45) is 0 Å². The molecule has 4 aromatic rings. The molecular formula is C33H36CaF2N2O5. The first-order chi connectivity index (χ1) is 20.0. The zero-order valence-electron chi connectivity index (χ0n) is 26.1. The Morgan fingerprint density at radius 1 is 0.860 bits per heavy atom. The van der Waals surface area contributed by atoms with Crippen molar-refractivity contribution in [2.75, 3.05) is 5.32 Å². The van der Waals surface area contributed by atoms with Crippen LogP contribution in [-0.4, -0.2) is 81.7 Å². The zero-order valence-corrected chi connectivity index (χ0v) is 26.3. The molecule has 1 heterocycles. The number of benzene rings is 3. The van der Waals surface area contributed by atoms with Gasteiger partial charge in [0.2, 0.25) is 0 Å². The number of aromatic nitrogens is 1. The first kappa shape index (κ1) is 34.4. The summed E-state index contributed by atoms with van der Waals surface area (Å²) < 4.78 is 29.5. The van der Waals surface area contributed by atoms with Gasteiger partial charge in [-0.15, -0.1) is 0 Å². The molecule has 0 aliphatic rings. The van der Waals surface area contributed by atoms with Crippen LogP contribution in [0.25, 0.3) is 22.4 Å². The van der Waals surface area contributed by atoms with Gasteiger partial charge in [-0.05, 0) is 78.4 Å². The quantitative estimate of drug-likeness (QED) is 0.139. The van der Waals surface area contributed by atoms with E-state index >= 15 is 0 Å². The first-order valence-corrected chi connectivity index (χ1v) is 13.8. The van der Waals surface area contributed by atoms with Crippen molar-refractivity contribution in [3.8, 4) is 22.4 Å². The predicted molar refractivity (Wildman–Crippen MR) is 165 cm³/mol. The molecule has 0 bridgehead atoms. The first-order valence-electron chi connectivity index (χ1n) is 13.8. The van der Waals surface area contributed by atoms with Gasteiger partial charge in [0.05, 0.1) is 29.9 Å². The number of halogens is 2. The number of aliphatic hydroxyl groups is 2. The summed E-state index contributed by atoms with van der Waals surface area (Å²) in [5.41, 5.74) is 4.14. The van der Waals surface area contributed by atoms with Crippen LogP contribution < -0.4 is 5.32 Å². The van der Waals surface area contributed by atoms with Gasteiger partial charge in [0, 0.05) is 23.5 Å². The molecule has 0 unspecified atom stereocenters. The van der Waals surface area contributed by atoms with Crippen LogP contribution >= 0.6 is 0 Å². The van der Waals surface area contributed by atoms with E-state index in [1.807, 2.05) is 48.7 Å². The van der Waals surface area contributed by atoms with E-state index in [2.05, 4.69) is 5.32 Å². The number of carbonyl (C=O) groups excluding carboxylic acids is 1. The number of carboxylic acid groups (broad SMARTS) is 1. The molecule has 2 atom stereocenters. The molecule has 1 amide bonds. The maximum absolute atomic E-state index is 14.0. The van der Waals surface area contributed by atoms with Gasteiger partial charge in [-0.25, -0.2) is 8.78 Å². The van der Waals surface area contributed by atoms with Gasteiger partial charge in [-0.2, -0.15) is 0 Å². The van der Waals surface area contributed by atoms with Gasteiger partial charge >= 0.3 is 43.7 Å². The fraction of sp³-hybridized carbons (Fsp3) is 0.273. The summed E-state index contributed by atoms with van der Waals surface area (Å²) in [6, 6.07) is 20.7. The maximum atomic E-state index is 14.0. The average Bonchev–Trinajstić information content (AvgIpc) is 3.29. The number of anilines is 1. The van der Waals surface area contributed by atoms with E-state index in [1.54, 1.807) is 12.1 Å².